The summed E-state index contributed by atoms with van der Waals surface area (Å²) in [7, 11) is 0. The van der Waals surface area contributed by atoms with Crippen molar-refractivity contribution in [3.63, 3.8) is 0 Å². The first-order valence-electron chi connectivity index (χ1n) is 8.22. The summed E-state index contributed by atoms with van der Waals surface area (Å²) < 4.78 is 9.99. The Morgan fingerprint density at radius 1 is 1.27 bits per heavy atom. The molecule has 6 heteroatoms. The van der Waals surface area contributed by atoms with Crippen LogP contribution in [0.3, 0.4) is 0 Å². The molecule has 2 heterocycles. The van der Waals surface area contributed by atoms with Gasteiger partial charge < -0.3 is 20.1 Å². The minimum atomic E-state index is -0.318. The fourth-order valence-corrected chi connectivity index (χ4v) is 2.42. The van der Waals surface area contributed by atoms with E-state index in [2.05, 4.69) is 34.1 Å². The summed E-state index contributed by atoms with van der Waals surface area (Å²) >= 11 is 0. The molecule has 6 nitrogen and oxygen atoms in total. The third-order valence-electron chi connectivity index (χ3n) is 3.79. The molecule has 0 aliphatic carbocycles. The number of hydrogen-bond acceptors (Lipinski definition) is 6. The van der Waals surface area contributed by atoms with Crippen LogP contribution >= 0.6 is 0 Å². The molecular weight excluding hydrogens is 282 g/mol. The fraction of sp³-hybridized carbons (Fsp3) is 0.938. The second-order valence-electron chi connectivity index (χ2n) is 7.16. The monoisotopic (exact) mass is 315 g/mol. The van der Waals surface area contributed by atoms with E-state index in [0.29, 0.717) is 24.6 Å². The van der Waals surface area contributed by atoms with Gasteiger partial charge in [-0.15, -0.1) is 0 Å². The van der Waals surface area contributed by atoms with Crippen molar-refractivity contribution in [2.24, 2.45) is 0 Å². The summed E-state index contributed by atoms with van der Waals surface area (Å²) in [6, 6.07) is 1.78. The molecule has 2 aliphatic rings. The highest BCUT2D eigenvalue weighted by Crippen LogP contribution is 2.07. The van der Waals surface area contributed by atoms with Crippen molar-refractivity contribution in [2.45, 2.75) is 58.3 Å². The standard InChI is InChI=1S/C11H23N3O.C5H10O2/c1-9-5-13-11(6-12-9)7-14-3-4-15-8-10(14)2;1-5(2,3)7-4-6/h9-13H,3-8H2,1-2H3;4H,1-3H3. The molecule has 3 unspecified atom stereocenters. The van der Waals surface area contributed by atoms with Crippen molar-refractivity contribution in [3.8, 4) is 0 Å². The first-order valence-corrected chi connectivity index (χ1v) is 8.22. The number of piperazine rings is 1. The van der Waals surface area contributed by atoms with Gasteiger partial charge in [0.2, 0.25) is 0 Å². The normalized spacial score (nSPS) is 30.1. The molecule has 2 aliphatic heterocycles. The highest BCUT2D eigenvalue weighted by atomic mass is 16.5. The number of morpholine rings is 1. The molecule has 130 valence electrons. The molecule has 2 N–H and O–H groups in total. The summed E-state index contributed by atoms with van der Waals surface area (Å²) in [5.41, 5.74) is -0.318. The van der Waals surface area contributed by atoms with Crippen LogP contribution in [0.1, 0.15) is 34.6 Å². The lowest BCUT2D eigenvalue weighted by atomic mass is 10.1. The van der Waals surface area contributed by atoms with Crippen LogP contribution in [0.5, 0.6) is 0 Å². The van der Waals surface area contributed by atoms with Crippen molar-refractivity contribution < 1.29 is 14.3 Å². The van der Waals surface area contributed by atoms with Gasteiger partial charge in [0.15, 0.2) is 0 Å². The van der Waals surface area contributed by atoms with Crippen molar-refractivity contribution in [3.05, 3.63) is 0 Å². The van der Waals surface area contributed by atoms with E-state index in [-0.39, 0.29) is 5.60 Å². The SMILES string of the molecule is CC(C)(C)OC=O.CC1CNC(CN2CCOCC2C)CN1. The van der Waals surface area contributed by atoms with E-state index in [1.54, 1.807) is 0 Å². The van der Waals surface area contributed by atoms with Gasteiger partial charge in [-0.05, 0) is 34.6 Å². The number of carbonyl (C=O) groups excluding carboxylic acids is 1. The van der Waals surface area contributed by atoms with Gasteiger partial charge in [0.05, 0.1) is 13.2 Å². The van der Waals surface area contributed by atoms with Gasteiger partial charge in [-0.3, -0.25) is 9.69 Å². The van der Waals surface area contributed by atoms with Gasteiger partial charge >= 0.3 is 0 Å². The van der Waals surface area contributed by atoms with Gasteiger partial charge in [-0.25, -0.2) is 0 Å². The van der Waals surface area contributed by atoms with Crippen LogP contribution in [0.4, 0.5) is 0 Å². The highest BCUT2D eigenvalue weighted by Gasteiger charge is 2.24. The third-order valence-corrected chi connectivity index (χ3v) is 3.79. The number of nitrogens with one attached hydrogen (secondary N) is 2. The minimum Gasteiger partial charge on any atom is -0.462 e. The zero-order valence-corrected chi connectivity index (χ0v) is 14.7. The average Bonchev–Trinajstić information content (AvgIpc) is 2.43. The van der Waals surface area contributed by atoms with Crippen molar-refractivity contribution in [1.29, 1.82) is 0 Å². The molecule has 0 saturated carbocycles. The van der Waals surface area contributed by atoms with Crippen LogP contribution in [0.25, 0.3) is 0 Å². The van der Waals surface area contributed by atoms with Crippen LogP contribution in [-0.2, 0) is 14.3 Å². The van der Waals surface area contributed by atoms with Gasteiger partial charge in [-0.2, -0.15) is 0 Å². The maximum atomic E-state index is 9.60. The molecule has 2 saturated heterocycles. The summed E-state index contributed by atoms with van der Waals surface area (Å²) in [5.74, 6) is 0. The molecule has 0 aromatic rings. The first kappa shape index (κ1) is 19.4. The number of nitrogens with zero attached hydrogens (tertiary/aromatic N) is 1. The molecule has 3 atom stereocenters. The smallest absolute Gasteiger partial charge is 0.293 e. The van der Waals surface area contributed by atoms with Crippen molar-refractivity contribution in [1.82, 2.24) is 15.5 Å². The number of hydrogen-bond donors (Lipinski definition) is 2. The zero-order chi connectivity index (χ0) is 16.6. The third kappa shape index (κ3) is 8.08. The predicted octanol–water partition coefficient (Wildman–Crippen LogP) is 0.615. The Balaban J connectivity index is 0.000000295. The maximum absolute atomic E-state index is 9.60. The Bertz CT molecular complexity index is 312. The number of ether oxygens (including phenoxy) is 2. The first-order chi connectivity index (χ1) is 10.3. The lowest BCUT2D eigenvalue weighted by Gasteiger charge is -2.38. The van der Waals surface area contributed by atoms with E-state index in [1.165, 1.54) is 0 Å². The lowest BCUT2D eigenvalue weighted by Crippen LogP contribution is -2.59. The van der Waals surface area contributed by atoms with Gasteiger partial charge in [-0.1, -0.05) is 0 Å². The van der Waals surface area contributed by atoms with E-state index < -0.39 is 0 Å². The second kappa shape index (κ2) is 9.45. The Hall–Kier alpha value is -0.690. The topological polar surface area (TPSA) is 62.8 Å². The van der Waals surface area contributed by atoms with Crippen LogP contribution in [-0.4, -0.2) is 74.5 Å². The summed E-state index contributed by atoms with van der Waals surface area (Å²) in [6.07, 6.45) is 0. The van der Waals surface area contributed by atoms with Gasteiger partial charge in [0.1, 0.15) is 5.60 Å². The Kier molecular flexibility index (Phi) is 8.31. The Morgan fingerprint density at radius 2 is 2.00 bits per heavy atom. The molecule has 0 bridgehead atoms. The van der Waals surface area contributed by atoms with E-state index in [4.69, 9.17) is 4.74 Å². The molecule has 2 rings (SSSR count). The van der Waals surface area contributed by atoms with Crippen LogP contribution < -0.4 is 10.6 Å². The molecular formula is C16H33N3O3. The van der Waals surface area contributed by atoms with Crippen molar-refractivity contribution in [2.75, 3.05) is 39.4 Å². The summed E-state index contributed by atoms with van der Waals surface area (Å²) in [5, 5.41) is 7.11. The molecule has 0 aromatic carbocycles. The molecule has 0 aromatic heterocycles. The van der Waals surface area contributed by atoms with E-state index in [0.717, 1.165) is 39.4 Å². The summed E-state index contributed by atoms with van der Waals surface area (Å²) in [6.45, 7) is 16.6. The minimum absolute atomic E-state index is 0.318. The van der Waals surface area contributed by atoms with Crippen LogP contribution in [0.15, 0.2) is 0 Å². The highest BCUT2D eigenvalue weighted by molar-refractivity contribution is 5.37. The average molecular weight is 315 g/mol. The van der Waals surface area contributed by atoms with E-state index in [9.17, 15) is 4.79 Å². The molecule has 0 radical (unpaired) electrons. The van der Waals surface area contributed by atoms with Gasteiger partial charge in [0, 0.05) is 44.3 Å². The largest absolute Gasteiger partial charge is 0.462 e. The maximum Gasteiger partial charge on any atom is 0.293 e. The Labute approximate surface area is 134 Å². The number of carbonyl (C=O) groups is 1. The predicted molar refractivity (Wildman–Crippen MR) is 88.0 cm³/mol. The zero-order valence-electron chi connectivity index (χ0n) is 14.7. The quantitative estimate of drug-likeness (QED) is 0.744. The number of rotatable bonds is 3. The Morgan fingerprint density at radius 3 is 2.45 bits per heavy atom. The fourth-order valence-electron chi connectivity index (χ4n) is 2.42. The molecule has 22 heavy (non-hydrogen) atoms. The summed E-state index contributed by atoms with van der Waals surface area (Å²) in [4.78, 5) is 12.1. The molecule has 0 spiro atoms. The molecule has 2 fully saturated rings. The van der Waals surface area contributed by atoms with Crippen LogP contribution in [0.2, 0.25) is 0 Å². The van der Waals surface area contributed by atoms with E-state index >= 15 is 0 Å². The van der Waals surface area contributed by atoms with Crippen LogP contribution in [0, 0.1) is 0 Å². The van der Waals surface area contributed by atoms with Gasteiger partial charge in [0.25, 0.3) is 6.47 Å². The lowest BCUT2D eigenvalue weighted by molar-refractivity contribution is -0.138. The second-order valence-corrected chi connectivity index (χ2v) is 7.16. The van der Waals surface area contributed by atoms with E-state index in [1.807, 2.05) is 20.8 Å². The van der Waals surface area contributed by atoms with Crippen molar-refractivity contribution >= 4 is 6.47 Å². The molecule has 0 amide bonds.